The molecule has 4 heteroatoms. The molecule has 3 nitrogen and oxygen atoms in total. The van der Waals surface area contributed by atoms with Crippen LogP contribution in [0.15, 0.2) is 24.3 Å². The Morgan fingerprint density at radius 1 is 1.24 bits per heavy atom. The fourth-order valence-corrected chi connectivity index (χ4v) is 1.77. The van der Waals surface area contributed by atoms with E-state index in [4.69, 9.17) is 0 Å². The number of anilines is 1. The number of halogens is 1. The van der Waals surface area contributed by atoms with Gasteiger partial charge in [-0.25, -0.2) is 9.37 Å². The van der Waals surface area contributed by atoms with Gasteiger partial charge in [0.05, 0.1) is 5.69 Å². The lowest BCUT2D eigenvalue weighted by Gasteiger charge is -2.00. The molecule has 0 bridgehead atoms. The van der Waals surface area contributed by atoms with Gasteiger partial charge in [-0.15, -0.1) is 0 Å². The molecule has 2 aromatic rings. The fourth-order valence-electron chi connectivity index (χ4n) is 1.77. The largest absolute Gasteiger partial charge is 0.359 e. The lowest BCUT2D eigenvalue weighted by atomic mass is 10.1. The Bertz CT molecular complexity index is 488. The number of nitrogens with one attached hydrogen (secondary N) is 2. The molecule has 0 spiro atoms. The first-order valence-electron chi connectivity index (χ1n) is 5.66. The molecule has 2 N–H and O–H groups in total. The van der Waals surface area contributed by atoms with Gasteiger partial charge >= 0.3 is 0 Å². The van der Waals surface area contributed by atoms with Crippen molar-refractivity contribution in [3.05, 3.63) is 47.0 Å². The number of benzene rings is 1. The molecular formula is C13H16FN3. The Morgan fingerprint density at radius 2 is 1.94 bits per heavy atom. The Kier molecular flexibility index (Phi) is 3.42. The number of hydrogen-bond donors (Lipinski definition) is 2. The van der Waals surface area contributed by atoms with Crippen molar-refractivity contribution in [3.63, 3.8) is 0 Å². The van der Waals surface area contributed by atoms with E-state index in [9.17, 15) is 4.39 Å². The standard InChI is InChI=1S/C13H16FN3/c1-9-12(17-13(15-2)16-9)8-5-10-3-6-11(14)7-4-10/h3-4,6-7H,5,8H2,1-2H3,(H2,15,16,17). The third-order valence-electron chi connectivity index (χ3n) is 2.79. The average molecular weight is 233 g/mol. The van der Waals surface area contributed by atoms with Crippen LogP contribution in [-0.2, 0) is 12.8 Å². The maximum atomic E-state index is 12.7. The van der Waals surface area contributed by atoms with Crippen LogP contribution in [0.5, 0.6) is 0 Å². The van der Waals surface area contributed by atoms with Crippen LogP contribution in [0.25, 0.3) is 0 Å². The summed E-state index contributed by atoms with van der Waals surface area (Å²) in [5.74, 6) is 0.596. The molecule has 0 fully saturated rings. The van der Waals surface area contributed by atoms with Crippen LogP contribution in [0, 0.1) is 12.7 Å². The highest BCUT2D eigenvalue weighted by molar-refractivity contribution is 5.30. The summed E-state index contributed by atoms with van der Waals surface area (Å²) in [7, 11) is 1.84. The number of aromatic amines is 1. The van der Waals surface area contributed by atoms with E-state index in [-0.39, 0.29) is 5.82 Å². The van der Waals surface area contributed by atoms with Crippen LogP contribution in [0.3, 0.4) is 0 Å². The summed E-state index contributed by atoms with van der Waals surface area (Å²) in [5.41, 5.74) is 3.26. The number of imidazole rings is 1. The maximum absolute atomic E-state index is 12.7. The molecular weight excluding hydrogens is 217 g/mol. The predicted molar refractivity (Wildman–Crippen MR) is 66.7 cm³/mol. The van der Waals surface area contributed by atoms with Crippen molar-refractivity contribution >= 4 is 5.95 Å². The number of aromatic nitrogens is 2. The van der Waals surface area contributed by atoms with Crippen LogP contribution in [0.2, 0.25) is 0 Å². The minimum atomic E-state index is -0.192. The molecule has 0 aliphatic heterocycles. The molecule has 0 aliphatic carbocycles. The summed E-state index contributed by atoms with van der Waals surface area (Å²) >= 11 is 0. The number of nitrogens with zero attached hydrogens (tertiary/aromatic N) is 1. The Balaban J connectivity index is 2.01. The van der Waals surface area contributed by atoms with Gasteiger partial charge in [-0.1, -0.05) is 12.1 Å². The zero-order chi connectivity index (χ0) is 12.3. The Morgan fingerprint density at radius 3 is 2.53 bits per heavy atom. The molecule has 1 aromatic carbocycles. The summed E-state index contributed by atoms with van der Waals surface area (Å²) in [6.45, 7) is 2.01. The quantitative estimate of drug-likeness (QED) is 0.852. The third-order valence-corrected chi connectivity index (χ3v) is 2.79. The second-order valence-electron chi connectivity index (χ2n) is 4.03. The lowest BCUT2D eigenvalue weighted by Crippen LogP contribution is -1.94. The van der Waals surface area contributed by atoms with Crippen molar-refractivity contribution in [2.75, 3.05) is 12.4 Å². The van der Waals surface area contributed by atoms with E-state index in [2.05, 4.69) is 15.3 Å². The van der Waals surface area contributed by atoms with Crippen LogP contribution in [0.1, 0.15) is 17.0 Å². The first-order valence-corrected chi connectivity index (χ1v) is 5.66. The maximum Gasteiger partial charge on any atom is 0.200 e. The smallest absolute Gasteiger partial charge is 0.200 e. The van der Waals surface area contributed by atoms with E-state index in [1.165, 1.54) is 12.1 Å². The highest BCUT2D eigenvalue weighted by Gasteiger charge is 2.05. The van der Waals surface area contributed by atoms with Crippen LogP contribution >= 0.6 is 0 Å². The summed E-state index contributed by atoms with van der Waals surface area (Å²) in [6, 6.07) is 6.62. The number of rotatable bonds is 4. The normalized spacial score (nSPS) is 10.5. The first-order chi connectivity index (χ1) is 8.19. The second-order valence-corrected chi connectivity index (χ2v) is 4.03. The van der Waals surface area contributed by atoms with Crippen molar-refractivity contribution in [3.8, 4) is 0 Å². The van der Waals surface area contributed by atoms with Gasteiger partial charge in [0.15, 0.2) is 5.95 Å². The highest BCUT2D eigenvalue weighted by Crippen LogP contribution is 2.12. The summed E-state index contributed by atoms with van der Waals surface area (Å²) < 4.78 is 12.7. The van der Waals surface area contributed by atoms with Crippen LogP contribution < -0.4 is 5.32 Å². The topological polar surface area (TPSA) is 40.7 Å². The van der Waals surface area contributed by atoms with Crippen LogP contribution in [-0.4, -0.2) is 17.0 Å². The van der Waals surface area contributed by atoms with Gasteiger partial charge in [0.1, 0.15) is 5.82 Å². The fraction of sp³-hybridized carbons (Fsp3) is 0.308. The van der Waals surface area contributed by atoms with E-state index in [1.54, 1.807) is 0 Å². The zero-order valence-corrected chi connectivity index (χ0v) is 10.0. The predicted octanol–water partition coefficient (Wildman–Crippen LogP) is 2.68. The summed E-state index contributed by atoms with van der Waals surface area (Å²) in [6.07, 6.45) is 1.73. The molecule has 0 amide bonds. The molecule has 0 radical (unpaired) electrons. The van der Waals surface area contributed by atoms with E-state index in [1.807, 2.05) is 26.1 Å². The SMILES string of the molecule is CNc1nc(CCc2ccc(F)cc2)c(C)[nH]1. The Hall–Kier alpha value is -1.84. The minimum Gasteiger partial charge on any atom is -0.359 e. The number of H-pyrrole nitrogens is 1. The molecule has 90 valence electrons. The average Bonchev–Trinajstić information content (AvgIpc) is 2.69. The van der Waals surface area contributed by atoms with E-state index < -0.39 is 0 Å². The number of hydrogen-bond acceptors (Lipinski definition) is 2. The molecule has 0 atom stereocenters. The monoisotopic (exact) mass is 233 g/mol. The van der Waals surface area contributed by atoms with Crippen molar-refractivity contribution < 1.29 is 4.39 Å². The first kappa shape index (κ1) is 11.6. The number of aryl methyl sites for hydroxylation is 3. The van der Waals surface area contributed by atoms with Crippen molar-refractivity contribution in [2.45, 2.75) is 19.8 Å². The van der Waals surface area contributed by atoms with Gasteiger partial charge < -0.3 is 10.3 Å². The zero-order valence-electron chi connectivity index (χ0n) is 10.0. The minimum absolute atomic E-state index is 0.192. The molecule has 0 saturated carbocycles. The summed E-state index contributed by atoms with van der Waals surface area (Å²) in [4.78, 5) is 7.58. The Labute approximate surface area is 100 Å². The second kappa shape index (κ2) is 4.99. The van der Waals surface area contributed by atoms with Gasteiger partial charge in [0, 0.05) is 12.7 Å². The summed E-state index contributed by atoms with van der Waals surface area (Å²) in [5, 5.41) is 2.98. The molecule has 17 heavy (non-hydrogen) atoms. The van der Waals surface area contributed by atoms with Crippen LogP contribution in [0.4, 0.5) is 10.3 Å². The van der Waals surface area contributed by atoms with E-state index in [0.717, 1.165) is 35.7 Å². The molecule has 1 heterocycles. The van der Waals surface area contributed by atoms with Crippen molar-refractivity contribution in [1.29, 1.82) is 0 Å². The van der Waals surface area contributed by atoms with Gasteiger partial charge in [0.25, 0.3) is 0 Å². The van der Waals surface area contributed by atoms with Gasteiger partial charge in [-0.3, -0.25) is 0 Å². The molecule has 0 unspecified atom stereocenters. The van der Waals surface area contributed by atoms with E-state index >= 15 is 0 Å². The van der Waals surface area contributed by atoms with Crippen molar-refractivity contribution in [1.82, 2.24) is 9.97 Å². The van der Waals surface area contributed by atoms with Gasteiger partial charge in [-0.05, 0) is 37.5 Å². The van der Waals surface area contributed by atoms with Crippen molar-refractivity contribution in [2.24, 2.45) is 0 Å². The van der Waals surface area contributed by atoms with E-state index in [0.29, 0.717) is 0 Å². The molecule has 1 aromatic heterocycles. The molecule has 0 aliphatic rings. The van der Waals surface area contributed by atoms with Gasteiger partial charge in [0.2, 0.25) is 0 Å². The highest BCUT2D eigenvalue weighted by atomic mass is 19.1. The molecule has 0 saturated heterocycles. The van der Waals surface area contributed by atoms with Gasteiger partial charge in [-0.2, -0.15) is 0 Å². The lowest BCUT2D eigenvalue weighted by molar-refractivity contribution is 0.627. The molecule has 2 rings (SSSR count). The third kappa shape index (κ3) is 2.84.